The van der Waals surface area contributed by atoms with Crippen LogP contribution >= 0.6 is 0 Å². The predicted octanol–water partition coefficient (Wildman–Crippen LogP) is -3.05. The van der Waals surface area contributed by atoms with Crippen molar-refractivity contribution in [3.63, 3.8) is 0 Å². The van der Waals surface area contributed by atoms with E-state index < -0.39 is 74.3 Å². The van der Waals surface area contributed by atoms with E-state index in [1.54, 1.807) is 19.5 Å². The number of guanidine groups is 1. The van der Waals surface area contributed by atoms with Gasteiger partial charge in [0.2, 0.25) is 5.96 Å². The lowest BCUT2D eigenvalue weighted by atomic mass is 9.98. The number of benzene rings is 1. The molecule has 2 heterocycles. The second kappa shape index (κ2) is 18.0. The first kappa shape index (κ1) is 37.0. The van der Waals surface area contributed by atoms with Gasteiger partial charge in [0.1, 0.15) is 48.5 Å². The van der Waals surface area contributed by atoms with Crippen molar-refractivity contribution in [1.82, 2.24) is 10.4 Å². The van der Waals surface area contributed by atoms with Gasteiger partial charge in [-0.05, 0) is 37.5 Å². The third-order valence-electron chi connectivity index (χ3n) is 7.25. The van der Waals surface area contributed by atoms with Gasteiger partial charge in [0.25, 0.3) is 0 Å². The quantitative estimate of drug-likeness (QED) is 0.0329. The number of fused-ring (bicyclic) bond motifs is 1. The largest absolute Gasteiger partial charge is 0.497 e. The average Bonchev–Trinajstić information content (AvgIpc) is 3.45. The lowest BCUT2D eigenvalue weighted by Crippen LogP contribution is -2.61. The number of H-pyrrole nitrogens is 1. The van der Waals surface area contributed by atoms with E-state index in [1.807, 2.05) is 18.2 Å². The molecular weight excluding hydrogens is 614 g/mol. The molecule has 3 rings (SSSR count). The van der Waals surface area contributed by atoms with Crippen LogP contribution in [-0.2, 0) is 19.0 Å². The van der Waals surface area contributed by atoms with Crippen molar-refractivity contribution in [2.24, 2.45) is 15.8 Å². The van der Waals surface area contributed by atoms with Gasteiger partial charge in [-0.25, -0.2) is 10.2 Å². The fraction of sp³-hybridized carbons (Fsp3) is 0.607. The zero-order valence-corrected chi connectivity index (χ0v) is 25.1. The van der Waals surface area contributed by atoms with Crippen molar-refractivity contribution in [3.8, 4) is 5.75 Å². The number of aromatic amines is 1. The van der Waals surface area contributed by atoms with E-state index >= 15 is 0 Å². The van der Waals surface area contributed by atoms with Crippen LogP contribution in [0, 0.1) is 0 Å². The molecular formula is C28H43N5O13. The van der Waals surface area contributed by atoms with E-state index in [4.69, 9.17) is 29.8 Å². The van der Waals surface area contributed by atoms with Gasteiger partial charge >= 0.3 is 5.97 Å². The number of nitrogens with two attached hydrogens (primary N) is 1. The zero-order valence-electron chi connectivity index (χ0n) is 25.1. The molecule has 1 saturated heterocycles. The number of carboxylic acids is 1. The van der Waals surface area contributed by atoms with Crippen LogP contribution in [0.15, 0.2) is 34.5 Å². The molecule has 258 valence electrons. The van der Waals surface area contributed by atoms with Crippen LogP contribution in [0.1, 0.15) is 24.8 Å². The summed E-state index contributed by atoms with van der Waals surface area (Å²) in [5.74, 6) is -0.971. The number of carbonyl (C=O) groups is 1. The van der Waals surface area contributed by atoms with Gasteiger partial charge in [-0.2, -0.15) is 5.10 Å². The predicted molar refractivity (Wildman–Crippen MR) is 161 cm³/mol. The number of aliphatic hydroxyl groups excluding tert-OH is 7. The number of nitrogens with one attached hydrogen (secondary N) is 2. The number of methoxy groups -OCH3 is 1. The molecule has 18 heteroatoms. The summed E-state index contributed by atoms with van der Waals surface area (Å²) in [6, 6.07) is 5.64. The Kier molecular flexibility index (Phi) is 14.5. The summed E-state index contributed by atoms with van der Waals surface area (Å²) < 4.78 is 21.2. The number of rotatable bonds is 18. The third-order valence-corrected chi connectivity index (χ3v) is 7.25. The third kappa shape index (κ3) is 10.0. The number of carboxylic acid groups (broad SMARTS) is 1. The molecule has 9 atom stereocenters. The first-order valence-corrected chi connectivity index (χ1v) is 14.5. The van der Waals surface area contributed by atoms with Gasteiger partial charge in [0, 0.05) is 35.8 Å². The van der Waals surface area contributed by atoms with E-state index in [1.165, 1.54) is 0 Å². The van der Waals surface area contributed by atoms with E-state index in [2.05, 4.69) is 20.5 Å². The van der Waals surface area contributed by atoms with E-state index in [9.17, 15) is 40.5 Å². The molecule has 1 aromatic carbocycles. The maximum absolute atomic E-state index is 11.2. The fourth-order valence-electron chi connectivity index (χ4n) is 4.61. The highest BCUT2D eigenvalue weighted by Crippen LogP contribution is 2.25. The number of unbranched alkanes of at least 4 members (excludes halogenated alkanes) is 2. The number of hydrogen-bond acceptors (Lipinski definition) is 14. The second-order valence-corrected chi connectivity index (χ2v) is 10.6. The van der Waals surface area contributed by atoms with Crippen LogP contribution in [0.2, 0.25) is 0 Å². The maximum Gasteiger partial charge on any atom is 0.335 e. The van der Waals surface area contributed by atoms with Crippen molar-refractivity contribution in [1.29, 1.82) is 0 Å². The van der Waals surface area contributed by atoms with Crippen molar-refractivity contribution in [3.05, 3.63) is 30.0 Å². The minimum absolute atomic E-state index is 0.126. The van der Waals surface area contributed by atoms with Gasteiger partial charge in [-0.3, -0.25) is 4.99 Å². The Hall–Kier alpha value is -3.43. The Morgan fingerprint density at radius 3 is 2.61 bits per heavy atom. The molecule has 0 saturated carbocycles. The topological polar surface area (TPSA) is 294 Å². The van der Waals surface area contributed by atoms with Crippen molar-refractivity contribution in [2.75, 3.05) is 33.5 Å². The number of aliphatic hydroxyl groups is 7. The fourth-order valence-corrected chi connectivity index (χ4v) is 4.61. The summed E-state index contributed by atoms with van der Waals surface area (Å²) in [6.45, 7) is -0.693. The molecule has 1 fully saturated rings. The summed E-state index contributed by atoms with van der Waals surface area (Å²) in [5, 5.41) is 84.4. The van der Waals surface area contributed by atoms with Crippen molar-refractivity contribution < 1.29 is 64.6 Å². The van der Waals surface area contributed by atoms with Crippen LogP contribution in [-0.4, -0.2) is 153 Å². The summed E-state index contributed by atoms with van der Waals surface area (Å²) in [6.07, 6.45) is -11.5. The van der Waals surface area contributed by atoms with Gasteiger partial charge in [0.05, 0.1) is 26.5 Å². The van der Waals surface area contributed by atoms with Gasteiger partial charge in [-0.1, -0.05) is 0 Å². The van der Waals surface area contributed by atoms with Crippen LogP contribution in [0.25, 0.3) is 10.9 Å². The smallest absolute Gasteiger partial charge is 0.335 e. The standard InChI is InChI=1S/C28H43N5O13/c1-43-15-5-6-17-16(9-15)14(10-31-17)11-32-33-28(29)30-7-3-2-4-8-44-13-18(35)25(22(38)23(39)26(41)42)46-27-24(40)21(37)20(36)19(12-34)45-27/h5-6,9-11,18-25,27,31,34-40H,2-4,7-8,12-13H2,1H3,(H,41,42)(H3,29,30,33)/b32-11+/t18-,19-,20+,21+,22-,23-,24-,25-,27?/m1/s1. The number of ether oxygens (including phenoxy) is 4. The maximum atomic E-state index is 11.2. The van der Waals surface area contributed by atoms with Crippen LogP contribution in [0.4, 0.5) is 0 Å². The highest BCUT2D eigenvalue weighted by atomic mass is 16.7. The zero-order chi connectivity index (χ0) is 33.8. The molecule has 0 spiro atoms. The Bertz CT molecular complexity index is 1290. The molecule has 1 unspecified atom stereocenters. The lowest BCUT2D eigenvalue weighted by molar-refractivity contribution is -0.327. The van der Waals surface area contributed by atoms with E-state index in [0.717, 1.165) is 22.2 Å². The number of nitrogens with zero attached hydrogens (tertiary/aromatic N) is 2. The number of aromatic nitrogens is 1. The van der Waals surface area contributed by atoms with E-state index in [-0.39, 0.29) is 12.6 Å². The van der Waals surface area contributed by atoms with Gasteiger partial charge in [0.15, 0.2) is 12.4 Å². The molecule has 0 aliphatic carbocycles. The molecule has 2 aromatic rings. The number of aliphatic imine (C=N–C) groups is 1. The number of hydrazone groups is 1. The normalized spacial score (nSPS) is 25.0. The SMILES string of the molecule is COc1ccc2[nH]cc(/C=N/NC(N)=NCCCCCOC[C@@H](O)[C@@H](OC3O[C@H](CO)[C@H](O)[C@H](O)[C@H]3O)[C@H](O)[C@@H](O)C(=O)O)c2c1. The highest BCUT2D eigenvalue weighted by molar-refractivity contribution is 5.99. The molecule has 1 aliphatic rings. The summed E-state index contributed by atoms with van der Waals surface area (Å²) >= 11 is 0. The van der Waals surface area contributed by atoms with Crippen LogP contribution in [0.3, 0.4) is 0 Å². The summed E-state index contributed by atoms with van der Waals surface area (Å²) in [4.78, 5) is 18.6. The van der Waals surface area contributed by atoms with E-state index in [0.29, 0.717) is 25.8 Å². The molecule has 0 bridgehead atoms. The number of hydrogen-bond donors (Lipinski definition) is 11. The minimum atomic E-state index is -2.39. The molecule has 1 aromatic heterocycles. The molecule has 0 radical (unpaired) electrons. The Labute approximate surface area is 263 Å². The van der Waals surface area contributed by atoms with Crippen LogP contribution < -0.4 is 15.9 Å². The first-order valence-electron chi connectivity index (χ1n) is 14.5. The summed E-state index contributed by atoms with van der Waals surface area (Å²) in [7, 11) is 1.59. The van der Waals surface area contributed by atoms with Gasteiger partial charge < -0.3 is 70.5 Å². The molecule has 1 aliphatic heterocycles. The van der Waals surface area contributed by atoms with Crippen molar-refractivity contribution in [2.45, 2.75) is 74.4 Å². The number of aliphatic carboxylic acids is 1. The molecule has 18 nitrogen and oxygen atoms in total. The molecule has 0 amide bonds. The van der Waals surface area contributed by atoms with Crippen LogP contribution in [0.5, 0.6) is 5.75 Å². The molecule has 12 N–H and O–H groups in total. The Balaban J connectivity index is 1.41. The lowest BCUT2D eigenvalue weighted by Gasteiger charge is -2.42. The molecule has 46 heavy (non-hydrogen) atoms. The Morgan fingerprint density at radius 1 is 1.15 bits per heavy atom. The second-order valence-electron chi connectivity index (χ2n) is 10.6. The highest BCUT2D eigenvalue weighted by Gasteiger charge is 2.47. The van der Waals surface area contributed by atoms with Gasteiger partial charge in [-0.15, -0.1) is 0 Å². The monoisotopic (exact) mass is 657 g/mol. The minimum Gasteiger partial charge on any atom is -0.497 e. The first-order chi connectivity index (χ1) is 22.0. The summed E-state index contributed by atoms with van der Waals surface area (Å²) in [5.41, 5.74) is 10.3. The average molecular weight is 658 g/mol. The Morgan fingerprint density at radius 2 is 1.91 bits per heavy atom. The van der Waals surface area contributed by atoms with Crippen molar-refractivity contribution >= 4 is 29.0 Å².